The smallest absolute Gasteiger partial charge is 0.270 e. The van der Waals surface area contributed by atoms with Crippen molar-refractivity contribution < 1.29 is 14.3 Å². The average Bonchev–Trinajstić information content (AvgIpc) is 2.78. The largest absolute Gasteiger partial charge is 0.378 e. The summed E-state index contributed by atoms with van der Waals surface area (Å²) in [6.45, 7) is 2.36. The Labute approximate surface area is 87.0 Å². The topological polar surface area (TPSA) is 62.4 Å². The molecule has 5 heteroatoms. The molecular weight excluding hydrogens is 196 g/mol. The van der Waals surface area contributed by atoms with Gasteiger partial charge in [-0.3, -0.25) is 9.59 Å². The summed E-state index contributed by atoms with van der Waals surface area (Å²) in [6, 6.07) is 1.56. The van der Waals surface area contributed by atoms with Crippen molar-refractivity contribution >= 4 is 12.2 Å². The monoisotopic (exact) mass is 208 g/mol. The van der Waals surface area contributed by atoms with E-state index in [0.29, 0.717) is 43.8 Å². The highest BCUT2D eigenvalue weighted by Crippen LogP contribution is 2.07. The van der Waals surface area contributed by atoms with Crippen LogP contribution in [0, 0.1) is 0 Å². The third-order valence-electron chi connectivity index (χ3n) is 2.37. The summed E-state index contributed by atoms with van der Waals surface area (Å²) in [6.07, 6.45) is 2.24. The molecule has 15 heavy (non-hydrogen) atoms. The standard InChI is InChI=1S/C10H12N2O3/c13-7-8-5-9(11-6-8)10(14)12-1-3-15-4-2-12/h5-7,11H,1-4H2. The predicted octanol–water partition coefficient (Wildman–Crippen LogP) is 0.300. The number of H-pyrrole nitrogens is 1. The molecular formula is C10H12N2O3. The molecule has 0 radical (unpaired) electrons. The Hall–Kier alpha value is -1.62. The molecule has 1 amide bonds. The summed E-state index contributed by atoms with van der Waals surface area (Å²) in [5.41, 5.74) is 0.950. The highest BCUT2D eigenvalue weighted by molar-refractivity contribution is 5.94. The number of morpholine rings is 1. The van der Waals surface area contributed by atoms with Gasteiger partial charge < -0.3 is 14.6 Å². The van der Waals surface area contributed by atoms with Crippen molar-refractivity contribution in [3.63, 3.8) is 0 Å². The number of hydrogen-bond acceptors (Lipinski definition) is 3. The fourth-order valence-corrected chi connectivity index (χ4v) is 1.54. The van der Waals surface area contributed by atoms with Gasteiger partial charge in [-0.1, -0.05) is 0 Å². The summed E-state index contributed by atoms with van der Waals surface area (Å²) in [5.74, 6) is -0.0774. The molecule has 1 aromatic rings. The highest BCUT2D eigenvalue weighted by Gasteiger charge is 2.19. The van der Waals surface area contributed by atoms with Gasteiger partial charge >= 0.3 is 0 Å². The third kappa shape index (κ3) is 2.07. The van der Waals surface area contributed by atoms with Crippen LogP contribution in [-0.4, -0.2) is 48.4 Å². The van der Waals surface area contributed by atoms with Crippen molar-refractivity contribution in [3.05, 3.63) is 23.5 Å². The second kappa shape index (κ2) is 4.27. The van der Waals surface area contributed by atoms with Crippen molar-refractivity contribution in [3.8, 4) is 0 Å². The number of aldehydes is 1. The lowest BCUT2D eigenvalue weighted by Gasteiger charge is -2.26. The lowest BCUT2D eigenvalue weighted by Crippen LogP contribution is -2.40. The number of carbonyl (C=O) groups excluding carboxylic acids is 2. The Morgan fingerprint density at radius 2 is 2.20 bits per heavy atom. The Kier molecular flexibility index (Phi) is 2.82. The van der Waals surface area contributed by atoms with Crippen molar-refractivity contribution in [2.24, 2.45) is 0 Å². The van der Waals surface area contributed by atoms with Crippen LogP contribution in [0.25, 0.3) is 0 Å². The predicted molar refractivity (Wildman–Crippen MR) is 52.9 cm³/mol. The molecule has 0 unspecified atom stereocenters. The lowest BCUT2D eigenvalue weighted by molar-refractivity contribution is 0.0299. The molecule has 1 N–H and O–H groups in total. The highest BCUT2D eigenvalue weighted by atomic mass is 16.5. The third-order valence-corrected chi connectivity index (χ3v) is 2.37. The maximum Gasteiger partial charge on any atom is 0.270 e. The Morgan fingerprint density at radius 3 is 2.80 bits per heavy atom. The van der Waals surface area contributed by atoms with Gasteiger partial charge in [0, 0.05) is 24.8 Å². The molecule has 80 valence electrons. The lowest BCUT2D eigenvalue weighted by atomic mass is 10.3. The molecule has 2 heterocycles. The van der Waals surface area contributed by atoms with Gasteiger partial charge in [0.05, 0.1) is 13.2 Å². The molecule has 0 atom stereocenters. The fourth-order valence-electron chi connectivity index (χ4n) is 1.54. The van der Waals surface area contributed by atoms with Crippen LogP contribution in [0.4, 0.5) is 0 Å². The summed E-state index contributed by atoms with van der Waals surface area (Å²) in [7, 11) is 0. The molecule has 1 fully saturated rings. The second-order valence-corrected chi connectivity index (χ2v) is 3.37. The van der Waals surface area contributed by atoms with Gasteiger partial charge in [-0.15, -0.1) is 0 Å². The fraction of sp³-hybridized carbons (Fsp3) is 0.400. The van der Waals surface area contributed by atoms with E-state index in [9.17, 15) is 9.59 Å². The number of nitrogens with zero attached hydrogens (tertiary/aromatic N) is 1. The normalized spacial score (nSPS) is 16.4. The van der Waals surface area contributed by atoms with Crippen LogP contribution < -0.4 is 0 Å². The first kappa shape index (κ1) is 9.92. The Morgan fingerprint density at radius 1 is 1.47 bits per heavy atom. The first-order chi connectivity index (χ1) is 7.31. The zero-order valence-corrected chi connectivity index (χ0v) is 8.23. The van der Waals surface area contributed by atoms with Crippen LogP contribution in [0.15, 0.2) is 12.3 Å². The van der Waals surface area contributed by atoms with E-state index in [4.69, 9.17) is 4.74 Å². The summed E-state index contributed by atoms with van der Waals surface area (Å²) in [5, 5.41) is 0. The number of nitrogens with one attached hydrogen (secondary N) is 1. The van der Waals surface area contributed by atoms with E-state index in [0.717, 1.165) is 0 Å². The van der Waals surface area contributed by atoms with Gasteiger partial charge in [0.15, 0.2) is 6.29 Å². The van der Waals surface area contributed by atoms with E-state index >= 15 is 0 Å². The average molecular weight is 208 g/mol. The molecule has 2 rings (SSSR count). The number of aromatic nitrogens is 1. The van der Waals surface area contributed by atoms with E-state index < -0.39 is 0 Å². The van der Waals surface area contributed by atoms with Gasteiger partial charge in [-0.05, 0) is 6.07 Å². The number of ether oxygens (including phenoxy) is 1. The van der Waals surface area contributed by atoms with Crippen LogP contribution in [-0.2, 0) is 4.74 Å². The summed E-state index contributed by atoms with van der Waals surface area (Å²) >= 11 is 0. The minimum Gasteiger partial charge on any atom is -0.378 e. The molecule has 1 aromatic heterocycles. The zero-order chi connectivity index (χ0) is 10.7. The van der Waals surface area contributed by atoms with E-state index in [2.05, 4.69) is 4.98 Å². The second-order valence-electron chi connectivity index (χ2n) is 3.37. The molecule has 1 aliphatic rings. The van der Waals surface area contributed by atoms with Gasteiger partial charge in [-0.25, -0.2) is 0 Å². The maximum absolute atomic E-state index is 11.9. The van der Waals surface area contributed by atoms with Crippen molar-refractivity contribution in [1.82, 2.24) is 9.88 Å². The number of hydrogen-bond donors (Lipinski definition) is 1. The molecule has 5 nitrogen and oxygen atoms in total. The van der Waals surface area contributed by atoms with Gasteiger partial charge in [-0.2, -0.15) is 0 Å². The molecule has 0 spiro atoms. The molecule has 0 aliphatic carbocycles. The quantitative estimate of drug-likeness (QED) is 0.711. The minimum atomic E-state index is -0.0774. The first-order valence-corrected chi connectivity index (χ1v) is 4.82. The molecule has 0 saturated carbocycles. The number of rotatable bonds is 2. The maximum atomic E-state index is 11.9. The first-order valence-electron chi connectivity index (χ1n) is 4.82. The van der Waals surface area contributed by atoms with Gasteiger partial charge in [0.1, 0.15) is 5.69 Å². The Balaban J connectivity index is 2.08. The SMILES string of the molecule is O=Cc1c[nH]c(C(=O)N2CCOCC2)c1. The van der Waals surface area contributed by atoms with Crippen LogP contribution in [0.1, 0.15) is 20.8 Å². The van der Waals surface area contributed by atoms with E-state index in [1.54, 1.807) is 11.0 Å². The van der Waals surface area contributed by atoms with Crippen LogP contribution >= 0.6 is 0 Å². The van der Waals surface area contributed by atoms with Crippen molar-refractivity contribution in [2.45, 2.75) is 0 Å². The zero-order valence-electron chi connectivity index (χ0n) is 8.23. The minimum absolute atomic E-state index is 0.0774. The van der Waals surface area contributed by atoms with E-state index in [1.807, 2.05) is 0 Å². The Bertz CT molecular complexity index is 366. The number of aromatic amines is 1. The molecule has 0 aromatic carbocycles. The van der Waals surface area contributed by atoms with Gasteiger partial charge in [0.2, 0.25) is 0 Å². The molecule has 1 aliphatic heterocycles. The summed E-state index contributed by atoms with van der Waals surface area (Å²) < 4.78 is 5.15. The molecule has 0 bridgehead atoms. The van der Waals surface area contributed by atoms with Crippen molar-refractivity contribution in [2.75, 3.05) is 26.3 Å². The van der Waals surface area contributed by atoms with Crippen molar-refractivity contribution in [1.29, 1.82) is 0 Å². The number of carbonyl (C=O) groups is 2. The van der Waals surface area contributed by atoms with E-state index in [-0.39, 0.29) is 5.91 Å². The van der Waals surface area contributed by atoms with Crippen LogP contribution in [0.5, 0.6) is 0 Å². The van der Waals surface area contributed by atoms with Crippen LogP contribution in [0.3, 0.4) is 0 Å². The van der Waals surface area contributed by atoms with E-state index in [1.165, 1.54) is 6.20 Å². The molecule has 1 saturated heterocycles. The number of amides is 1. The summed E-state index contributed by atoms with van der Waals surface area (Å²) in [4.78, 5) is 26.8. The van der Waals surface area contributed by atoms with Gasteiger partial charge in [0.25, 0.3) is 5.91 Å². The van der Waals surface area contributed by atoms with Crippen LogP contribution in [0.2, 0.25) is 0 Å².